The van der Waals surface area contributed by atoms with Gasteiger partial charge < -0.3 is 5.32 Å². The summed E-state index contributed by atoms with van der Waals surface area (Å²) in [7, 11) is 0. The average molecular weight is 345 g/mol. The van der Waals surface area contributed by atoms with Crippen molar-refractivity contribution >= 4 is 34.1 Å². The van der Waals surface area contributed by atoms with E-state index in [9.17, 15) is 4.79 Å². The number of hydrogen-bond donors (Lipinski definition) is 1. The van der Waals surface area contributed by atoms with Gasteiger partial charge in [-0.2, -0.15) is 0 Å². The highest BCUT2D eigenvalue weighted by Crippen LogP contribution is 2.26. The van der Waals surface area contributed by atoms with E-state index in [2.05, 4.69) is 20.5 Å². The smallest absolute Gasteiger partial charge is 0.239 e. The van der Waals surface area contributed by atoms with Crippen molar-refractivity contribution in [1.82, 2.24) is 19.7 Å². The van der Waals surface area contributed by atoms with Crippen LogP contribution < -0.4 is 5.32 Å². The predicted octanol–water partition coefficient (Wildman–Crippen LogP) is 3.15. The van der Waals surface area contributed by atoms with Gasteiger partial charge in [0.05, 0.1) is 5.25 Å². The minimum absolute atomic E-state index is 0.106. The number of anilines is 1. The second-order valence-electron chi connectivity index (χ2n) is 4.79. The van der Waals surface area contributed by atoms with Crippen molar-refractivity contribution in [3.8, 4) is 5.69 Å². The van der Waals surface area contributed by atoms with Crippen LogP contribution in [0.1, 0.15) is 12.7 Å². The Labute approximate surface area is 142 Å². The summed E-state index contributed by atoms with van der Waals surface area (Å²) in [6.07, 6.45) is 1.66. The average Bonchev–Trinajstić information content (AvgIpc) is 3.18. The topological polar surface area (TPSA) is 72.7 Å². The van der Waals surface area contributed by atoms with E-state index in [0.29, 0.717) is 10.3 Å². The summed E-state index contributed by atoms with van der Waals surface area (Å²) in [5.74, 6) is 0.677. The van der Waals surface area contributed by atoms with E-state index in [0.717, 1.165) is 11.5 Å². The zero-order valence-corrected chi connectivity index (χ0v) is 14.3. The normalized spacial score (nSPS) is 12.1. The molecule has 8 heteroatoms. The summed E-state index contributed by atoms with van der Waals surface area (Å²) >= 11 is 2.76. The molecule has 1 aromatic carbocycles. The van der Waals surface area contributed by atoms with Crippen LogP contribution in [0.5, 0.6) is 0 Å². The number of rotatable bonds is 5. The number of hydrogen-bond acceptors (Lipinski definition) is 6. The molecule has 1 amide bonds. The van der Waals surface area contributed by atoms with Crippen molar-refractivity contribution in [2.75, 3.05) is 5.32 Å². The second kappa shape index (κ2) is 6.93. The Morgan fingerprint density at radius 3 is 2.78 bits per heavy atom. The van der Waals surface area contributed by atoms with Gasteiger partial charge in [0.25, 0.3) is 0 Å². The minimum Gasteiger partial charge on any atom is -0.301 e. The van der Waals surface area contributed by atoms with E-state index in [1.807, 2.05) is 54.1 Å². The van der Waals surface area contributed by atoms with Crippen LogP contribution in [0.15, 0.2) is 47.1 Å². The molecule has 0 fully saturated rings. The lowest BCUT2D eigenvalue weighted by Crippen LogP contribution is -2.22. The van der Waals surface area contributed by atoms with Gasteiger partial charge in [-0.25, -0.2) is 4.98 Å². The van der Waals surface area contributed by atoms with Crippen LogP contribution >= 0.6 is 23.1 Å². The Bertz CT molecular complexity index is 786. The third kappa shape index (κ3) is 3.59. The third-order valence-electron chi connectivity index (χ3n) is 3.12. The van der Waals surface area contributed by atoms with Gasteiger partial charge in [0.2, 0.25) is 5.91 Å². The van der Waals surface area contributed by atoms with E-state index >= 15 is 0 Å². The van der Waals surface area contributed by atoms with Crippen LogP contribution in [0.2, 0.25) is 0 Å². The number of para-hydroxylation sites is 1. The third-order valence-corrected chi connectivity index (χ3v) is 4.85. The van der Waals surface area contributed by atoms with Crippen molar-refractivity contribution in [3.05, 3.63) is 47.7 Å². The van der Waals surface area contributed by atoms with E-state index in [1.165, 1.54) is 23.1 Å². The molecule has 6 nitrogen and oxygen atoms in total. The minimum atomic E-state index is -0.315. The molecule has 3 rings (SSSR count). The van der Waals surface area contributed by atoms with Gasteiger partial charge >= 0.3 is 0 Å². The van der Waals surface area contributed by atoms with Gasteiger partial charge in [0, 0.05) is 17.3 Å². The first-order valence-corrected chi connectivity index (χ1v) is 8.75. The summed E-state index contributed by atoms with van der Waals surface area (Å²) < 4.78 is 1.94. The summed E-state index contributed by atoms with van der Waals surface area (Å²) in [5.41, 5.74) is 0.977. The van der Waals surface area contributed by atoms with Gasteiger partial charge in [0.1, 0.15) is 5.82 Å². The number of thioether (sulfide) groups is 1. The maximum Gasteiger partial charge on any atom is 0.239 e. The number of thiazole rings is 1. The van der Waals surface area contributed by atoms with Gasteiger partial charge in [-0.1, -0.05) is 30.0 Å². The van der Waals surface area contributed by atoms with Gasteiger partial charge in [-0.3, -0.25) is 9.36 Å². The summed E-state index contributed by atoms with van der Waals surface area (Å²) in [6, 6.07) is 9.85. The molecule has 23 heavy (non-hydrogen) atoms. The number of aromatic nitrogens is 4. The Morgan fingerprint density at radius 2 is 2.09 bits per heavy atom. The van der Waals surface area contributed by atoms with Crippen LogP contribution in [0.4, 0.5) is 5.13 Å². The zero-order valence-electron chi connectivity index (χ0n) is 12.6. The lowest BCUT2D eigenvalue weighted by atomic mass is 10.3. The summed E-state index contributed by atoms with van der Waals surface area (Å²) in [6.45, 7) is 3.73. The lowest BCUT2D eigenvalue weighted by Gasteiger charge is -2.12. The van der Waals surface area contributed by atoms with Gasteiger partial charge in [-0.15, -0.1) is 21.5 Å². The number of nitrogens with one attached hydrogen (secondary N) is 1. The van der Waals surface area contributed by atoms with Crippen LogP contribution in [0, 0.1) is 6.92 Å². The van der Waals surface area contributed by atoms with Crippen LogP contribution in [0.3, 0.4) is 0 Å². The Kier molecular flexibility index (Phi) is 4.73. The van der Waals surface area contributed by atoms with E-state index in [1.54, 1.807) is 6.20 Å². The molecule has 118 valence electrons. The molecule has 0 saturated carbocycles. The predicted molar refractivity (Wildman–Crippen MR) is 92.2 cm³/mol. The number of carbonyl (C=O) groups excluding carboxylic acids is 1. The molecule has 1 atom stereocenters. The molecule has 1 N–H and O–H groups in total. The van der Waals surface area contributed by atoms with Crippen LogP contribution in [0.25, 0.3) is 5.69 Å². The number of carbonyl (C=O) groups is 1. The molecule has 2 heterocycles. The zero-order chi connectivity index (χ0) is 16.2. The molecule has 0 aliphatic carbocycles. The number of nitrogens with zero attached hydrogens (tertiary/aromatic N) is 4. The summed E-state index contributed by atoms with van der Waals surface area (Å²) in [5, 5.41) is 13.9. The highest BCUT2D eigenvalue weighted by molar-refractivity contribution is 8.00. The lowest BCUT2D eigenvalue weighted by molar-refractivity contribution is -0.115. The maximum atomic E-state index is 12.2. The van der Waals surface area contributed by atoms with Gasteiger partial charge in [0.15, 0.2) is 10.3 Å². The molecule has 3 aromatic rings. The first-order chi connectivity index (χ1) is 11.1. The van der Waals surface area contributed by atoms with Crippen molar-refractivity contribution in [2.45, 2.75) is 24.3 Å². The number of aryl methyl sites for hydroxylation is 1. The second-order valence-corrected chi connectivity index (χ2v) is 6.99. The fraction of sp³-hybridized carbons (Fsp3) is 0.200. The first-order valence-electron chi connectivity index (χ1n) is 6.99. The van der Waals surface area contributed by atoms with Gasteiger partial charge in [-0.05, 0) is 26.0 Å². The highest BCUT2D eigenvalue weighted by Gasteiger charge is 2.20. The number of amides is 1. The van der Waals surface area contributed by atoms with E-state index in [4.69, 9.17) is 0 Å². The highest BCUT2D eigenvalue weighted by atomic mass is 32.2. The molecular formula is C15H15N5OS2. The fourth-order valence-electron chi connectivity index (χ4n) is 2.00. The van der Waals surface area contributed by atoms with E-state index < -0.39 is 0 Å². The SMILES string of the molecule is Cc1nnc(S[C@@H](C)C(=O)Nc2nccs2)n1-c1ccccc1. The molecule has 0 bridgehead atoms. The van der Waals surface area contributed by atoms with Crippen molar-refractivity contribution < 1.29 is 4.79 Å². The molecular weight excluding hydrogens is 330 g/mol. The summed E-state index contributed by atoms with van der Waals surface area (Å²) in [4.78, 5) is 16.3. The monoisotopic (exact) mass is 345 g/mol. The molecule has 0 aliphatic heterocycles. The van der Waals surface area contributed by atoms with Crippen LogP contribution in [-0.4, -0.2) is 30.9 Å². The van der Waals surface area contributed by atoms with Crippen molar-refractivity contribution in [3.63, 3.8) is 0 Å². The Hall–Kier alpha value is -2.19. The fourth-order valence-corrected chi connectivity index (χ4v) is 3.44. The Morgan fingerprint density at radius 1 is 1.30 bits per heavy atom. The van der Waals surface area contributed by atoms with E-state index in [-0.39, 0.29) is 11.2 Å². The molecule has 2 aromatic heterocycles. The molecule has 0 radical (unpaired) electrons. The van der Waals surface area contributed by atoms with Crippen molar-refractivity contribution in [2.24, 2.45) is 0 Å². The molecule has 0 spiro atoms. The molecule has 0 unspecified atom stereocenters. The Balaban J connectivity index is 1.77. The number of benzene rings is 1. The molecule has 0 saturated heterocycles. The molecule has 0 aliphatic rings. The van der Waals surface area contributed by atoms with Crippen LogP contribution in [-0.2, 0) is 4.79 Å². The first kappa shape index (κ1) is 15.7. The maximum absolute atomic E-state index is 12.2. The quantitative estimate of drug-likeness (QED) is 0.719. The largest absolute Gasteiger partial charge is 0.301 e. The standard InChI is InChI=1S/C15H15N5OS2/c1-10(13(21)17-14-16-8-9-22-14)23-15-19-18-11(2)20(15)12-6-4-3-5-7-12/h3-10H,1-2H3,(H,16,17,21)/t10-/m0/s1. The van der Waals surface area contributed by atoms with Crippen molar-refractivity contribution in [1.29, 1.82) is 0 Å².